The molecule has 0 saturated heterocycles. The molecule has 0 spiro atoms. The summed E-state index contributed by atoms with van der Waals surface area (Å²) < 4.78 is 0. The topological polar surface area (TPSA) is 573 Å². The number of nitrogens with two attached hydrogens (primary N) is 2. The Labute approximate surface area is 714 Å². The summed E-state index contributed by atoms with van der Waals surface area (Å²) in [4.78, 5) is 214. The molecule has 0 radical (unpaired) electrons. The first-order valence-electron chi connectivity index (χ1n) is 41.8. The largest absolute Gasteiger partial charge is 0.394 e. The SMILES string of the molecule is CSCC[C@H](NC(=O)[C@H](CC(C)C)NC(=O)[C@H](Cc1cnc[nH]1)NC(=O)CNC(=O)[C@@H](NC(=O)[C@H](C)NC(=O)[C@H](Cc1c[nH]c2ccccc12)NC(=O)[C@H](CCC(N)=O)NC(=O)CC[C@@H](C)[C@H]1CC[C@H]2[C@@H]3[C@H](O)C[C@@H]4C[C@@H](NC(=O)CNC(=O)[C@H](CSCNC(C)=O)NC(=O)[C@H](CO)NC(=O)CN(C)C)CC[C@]4(C)[C@H]3C[C@H](O)[C@]12C)C(C)C)C(N)=O. The van der Waals surface area contributed by atoms with Gasteiger partial charge in [0.1, 0.15) is 54.4 Å². The third-order valence-corrected chi connectivity index (χ3v) is 26.1. The highest BCUT2D eigenvalue weighted by Crippen LogP contribution is 2.68. The number of carbonyl (C=O) groups excluding carboxylic acids is 15. The van der Waals surface area contributed by atoms with Crippen molar-refractivity contribution in [3.8, 4) is 0 Å². The van der Waals surface area contributed by atoms with Crippen molar-refractivity contribution in [1.29, 1.82) is 0 Å². The number of imidazole rings is 1. The Morgan fingerprint density at radius 1 is 0.628 bits per heavy atom. The van der Waals surface area contributed by atoms with Crippen LogP contribution in [0.2, 0.25) is 0 Å². The van der Waals surface area contributed by atoms with Crippen molar-refractivity contribution in [2.45, 2.75) is 231 Å². The van der Waals surface area contributed by atoms with Gasteiger partial charge in [0.25, 0.3) is 0 Å². The number of primary amides is 2. The number of nitrogens with zero attached hydrogens (tertiary/aromatic N) is 2. The molecule has 2 heterocycles. The fourth-order valence-corrected chi connectivity index (χ4v) is 19.4. The van der Waals surface area contributed by atoms with E-state index in [9.17, 15) is 87.2 Å². The average molecular weight is 1730 g/mol. The van der Waals surface area contributed by atoms with Crippen LogP contribution in [-0.4, -0.2) is 260 Å². The van der Waals surface area contributed by atoms with Gasteiger partial charge in [-0.1, -0.05) is 66.7 Å². The van der Waals surface area contributed by atoms with Gasteiger partial charge in [-0.05, 0) is 173 Å². The van der Waals surface area contributed by atoms with Crippen molar-refractivity contribution in [3.05, 3.63) is 54.2 Å². The number of hydrogen-bond acceptors (Lipinski definition) is 22. The number of thioether (sulfide) groups is 2. The first-order chi connectivity index (χ1) is 57.2. The second-order valence-electron chi connectivity index (χ2n) is 34.5. The number of aliphatic hydroxyl groups excluding tert-OH is 3. The van der Waals surface area contributed by atoms with Crippen LogP contribution in [0.4, 0.5) is 0 Å². The van der Waals surface area contributed by atoms with Gasteiger partial charge >= 0.3 is 0 Å². The molecule has 0 aliphatic heterocycles. The third kappa shape index (κ3) is 28.0. The first kappa shape index (κ1) is 98.7. The first-order valence-corrected chi connectivity index (χ1v) is 44.3. The summed E-state index contributed by atoms with van der Waals surface area (Å²) >= 11 is 2.59. The molecular formula is C82H129N19O18S2. The number of rotatable bonds is 47. The number of benzene rings is 1. The molecule has 4 aliphatic rings. The summed E-state index contributed by atoms with van der Waals surface area (Å²) in [6, 6.07) is -4.54. The maximum absolute atomic E-state index is 14.7. The number of nitrogens with one attached hydrogen (secondary N) is 15. The Morgan fingerprint density at radius 3 is 1.91 bits per heavy atom. The van der Waals surface area contributed by atoms with E-state index >= 15 is 0 Å². The molecule has 4 saturated carbocycles. The zero-order valence-corrected chi connectivity index (χ0v) is 73.1. The highest BCUT2D eigenvalue weighted by molar-refractivity contribution is 7.99. The minimum absolute atomic E-state index is 0.0262. The van der Waals surface area contributed by atoms with Crippen LogP contribution in [0.5, 0.6) is 0 Å². The van der Waals surface area contributed by atoms with E-state index in [1.807, 2.05) is 45.2 Å². The molecule has 4 aliphatic carbocycles. The molecule has 1 aromatic carbocycles. The highest BCUT2D eigenvalue weighted by Gasteiger charge is 2.66. The van der Waals surface area contributed by atoms with Crippen molar-refractivity contribution in [2.75, 3.05) is 64.0 Å². The lowest BCUT2D eigenvalue weighted by Gasteiger charge is -2.63. The van der Waals surface area contributed by atoms with E-state index in [0.29, 0.717) is 62.0 Å². The highest BCUT2D eigenvalue weighted by atomic mass is 32.2. The number of aliphatic hydroxyl groups is 3. The summed E-state index contributed by atoms with van der Waals surface area (Å²) in [5, 5.41) is 70.1. The van der Waals surface area contributed by atoms with Crippen molar-refractivity contribution in [2.24, 2.45) is 69.6 Å². The van der Waals surface area contributed by atoms with Crippen LogP contribution in [0.15, 0.2) is 43.0 Å². The number of fused-ring (bicyclic) bond motifs is 6. The van der Waals surface area contributed by atoms with Crippen LogP contribution < -0.4 is 80.6 Å². The Kier molecular flexibility index (Phi) is 37.6. The summed E-state index contributed by atoms with van der Waals surface area (Å²) in [6.45, 7) is 14.1. The lowest BCUT2D eigenvalue weighted by molar-refractivity contribution is -0.202. The molecule has 2 aromatic heterocycles. The number of hydrogen-bond donors (Lipinski definition) is 20. The van der Waals surface area contributed by atoms with Gasteiger partial charge in [0.2, 0.25) is 88.6 Å². The van der Waals surface area contributed by atoms with Gasteiger partial charge in [-0.3, -0.25) is 71.9 Å². The summed E-state index contributed by atoms with van der Waals surface area (Å²) in [5.41, 5.74) is 12.0. The zero-order chi connectivity index (χ0) is 89.3. The molecule has 4 fully saturated rings. The van der Waals surface area contributed by atoms with Crippen LogP contribution >= 0.6 is 23.5 Å². The van der Waals surface area contributed by atoms with E-state index in [2.05, 4.69) is 97.9 Å². The molecule has 3 aromatic rings. The van der Waals surface area contributed by atoms with E-state index < -0.39 is 180 Å². The number of para-hydroxylation sites is 1. The maximum atomic E-state index is 14.7. The zero-order valence-electron chi connectivity index (χ0n) is 71.5. The maximum Gasteiger partial charge on any atom is 0.245 e. The van der Waals surface area contributed by atoms with Gasteiger partial charge in [0.15, 0.2) is 0 Å². The molecule has 0 bridgehead atoms. The summed E-state index contributed by atoms with van der Waals surface area (Å²) in [7, 11) is 3.31. The van der Waals surface area contributed by atoms with Gasteiger partial charge < -0.3 is 111 Å². The van der Waals surface area contributed by atoms with Crippen LogP contribution in [0.3, 0.4) is 0 Å². The van der Waals surface area contributed by atoms with E-state index in [1.54, 1.807) is 45.1 Å². The summed E-state index contributed by atoms with van der Waals surface area (Å²) in [5.74, 6) is -11.0. The molecule has 15 amide bonds. The Morgan fingerprint density at radius 2 is 1.26 bits per heavy atom. The van der Waals surface area contributed by atoms with E-state index in [1.165, 1.54) is 38.1 Å². The smallest absolute Gasteiger partial charge is 0.245 e. The number of aromatic nitrogens is 3. The van der Waals surface area contributed by atoms with Crippen molar-refractivity contribution >= 4 is 123 Å². The molecule has 22 N–H and O–H groups in total. The molecule has 39 heteroatoms. The molecule has 121 heavy (non-hydrogen) atoms. The summed E-state index contributed by atoms with van der Waals surface area (Å²) in [6.07, 6.45) is 8.86. The molecule has 672 valence electrons. The number of amides is 15. The van der Waals surface area contributed by atoms with Gasteiger partial charge in [0, 0.05) is 73.4 Å². The van der Waals surface area contributed by atoms with Gasteiger partial charge in [0.05, 0.1) is 50.7 Å². The molecule has 20 atom stereocenters. The minimum atomic E-state index is -1.42. The van der Waals surface area contributed by atoms with E-state index in [4.69, 9.17) is 11.5 Å². The second kappa shape index (κ2) is 46.2. The normalized spacial score (nSPS) is 23.5. The van der Waals surface area contributed by atoms with Crippen LogP contribution in [0.25, 0.3) is 10.9 Å². The number of aromatic amines is 2. The quantitative estimate of drug-likeness (QED) is 0.0223. The Hall–Kier alpha value is -9.44. The molecule has 37 nitrogen and oxygen atoms in total. The van der Waals surface area contributed by atoms with Gasteiger partial charge in [-0.15, -0.1) is 11.8 Å². The molecular weight excluding hydrogens is 1600 g/mol. The van der Waals surface area contributed by atoms with Crippen LogP contribution in [-0.2, 0) is 84.8 Å². The van der Waals surface area contributed by atoms with Gasteiger partial charge in [-0.25, -0.2) is 4.98 Å². The fourth-order valence-electron chi connectivity index (χ4n) is 18.1. The fraction of sp³-hybridized carbons (Fsp3) is 0.683. The Balaban J connectivity index is 0.945. The lowest BCUT2D eigenvalue weighted by atomic mass is 9.43. The monoisotopic (exact) mass is 1730 g/mol. The van der Waals surface area contributed by atoms with Crippen LogP contribution in [0, 0.1) is 58.2 Å². The number of H-pyrrole nitrogens is 2. The number of carbonyl (C=O) groups is 15. The molecule has 0 unspecified atom stereocenters. The van der Waals surface area contributed by atoms with E-state index in [0.717, 1.165) is 29.1 Å². The van der Waals surface area contributed by atoms with Gasteiger partial charge in [-0.2, -0.15) is 11.8 Å². The number of likely N-dealkylation sites (N-methyl/N-ethyl adjacent to an activating group) is 1. The van der Waals surface area contributed by atoms with Crippen molar-refractivity contribution in [1.82, 2.24) is 89.0 Å². The lowest BCUT2D eigenvalue weighted by Crippen LogP contribution is -2.63. The minimum Gasteiger partial charge on any atom is -0.394 e. The third-order valence-electron chi connectivity index (χ3n) is 24.5. The predicted octanol–water partition coefficient (Wildman–Crippen LogP) is -1.62. The average Bonchev–Trinajstić information content (AvgIpc) is 1.38. The van der Waals surface area contributed by atoms with Crippen molar-refractivity contribution in [3.63, 3.8) is 0 Å². The predicted molar refractivity (Wildman–Crippen MR) is 453 cm³/mol. The Bertz CT molecular complexity index is 4100. The standard InChI is InChI=1S/C82H129N19O18S2/c1-42(2)27-58(77(116)96-56(72(84)111)24-26-120-12)97-78(117)60(31-50-34-85-40-89-50)94-68(109)36-88-80(119)71(43(3)4)100-73(112)45(6)91-76(115)59(28-47-33-86-55-16-14-13-15-51(47)55)98-75(114)57(20-21-65(83)106)93-66(107)22-17-44(5)52-18-19-53-70-54(32-64(105)82(52,53)9)81(8)25-23-49(29-48(81)30-63(70)104)92-67(108)35-87-74(113)62(39-121-41-90-46(7)103)99-79(118)61(38-102)95-69(110)37-101(10)11/h13-16,33-34,40,42-45,48-49,52-54,56-64,70-71,86,102,104-105H,17-32,35-39,41H2,1-12H3,(H2,83,106)(H2,84,111)(H,85,89)(H,87,113)(H,88,119)(H,90,103)(H,91,115)(H,92,108)(H,93,107)(H,94,109)(H,95,110)(H,96,116)(H,97,117)(H,98,114)(H,99,118)(H,100,112)/t44-,45+,48+,49+,52-,53+,54+,56+,57+,58+,59+,60+,61+,62+,63-,64+,70+,71+,81+,82-/m1/s1. The second-order valence-corrected chi connectivity index (χ2v) is 36.5. The molecule has 7 rings (SSSR count). The van der Waals surface area contributed by atoms with E-state index in [-0.39, 0.29) is 122 Å². The van der Waals surface area contributed by atoms with Crippen LogP contribution in [0.1, 0.15) is 157 Å². The van der Waals surface area contributed by atoms with Crippen molar-refractivity contribution < 1.29 is 87.2 Å².